The molecular weight excluding hydrogens is 226 g/mol. The van der Waals surface area contributed by atoms with Gasteiger partial charge in [-0.2, -0.15) is 0 Å². The van der Waals surface area contributed by atoms with Crippen LogP contribution in [-0.4, -0.2) is 18.3 Å². The summed E-state index contributed by atoms with van der Waals surface area (Å²) >= 11 is 7.75. The average Bonchev–Trinajstić information content (AvgIpc) is 2.30. The van der Waals surface area contributed by atoms with Gasteiger partial charge in [-0.25, -0.2) is 0 Å². The van der Waals surface area contributed by atoms with E-state index in [1.54, 1.807) is 0 Å². The molecule has 1 atom stereocenters. The summed E-state index contributed by atoms with van der Waals surface area (Å²) in [5.41, 5.74) is 0. The number of piperidine rings is 1. The molecule has 15 heavy (non-hydrogen) atoms. The van der Waals surface area contributed by atoms with Gasteiger partial charge in [0.15, 0.2) is 0 Å². The van der Waals surface area contributed by atoms with Gasteiger partial charge in [-0.1, -0.05) is 18.0 Å². The number of nitrogens with one attached hydrogen (secondary N) is 1. The van der Waals surface area contributed by atoms with Crippen LogP contribution in [0.5, 0.6) is 0 Å². The molecule has 1 saturated heterocycles. The number of benzene rings is 1. The topological polar surface area (TPSA) is 12.0 Å². The van der Waals surface area contributed by atoms with Gasteiger partial charge in [0.25, 0.3) is 0 Å². The van der Waals surface area contributed by atoms with E-state index in [1.807, 2.05) is 23.9 Å². The zero-order valence-corrected chi connectivity index (χ0v) is 10.3. The molecular formula is C12H16ClNS. The Morgan fingerprint density at radius 2 is 2.07 bits per heavy atom. The van der Waals surface area contributed by atoms with Gasteiger partial charge in [0.2, 0.25) is 0 Å². The highest BCUT2D eigenvalue weighted by atomic mass is 35.5. The molecule has 1 aliphatic rings. The van der Waals surface area contributed by atoms with Crippen LogP contribution in [-0.2, 0) is 0 Å². The largest absolute Gasteiger partial charge is 0.313 e. The molecule has 0 amide bonds. The smallest absolute Gasteiger partial charge is 0.0406 e. The summed E-state index contributed by atoms with van der Waals surface area (Å²) < 4.78 is 0. The standard InChI is InChI=1S/C12H16ClNS/c13-10-4-6-12(7-5-10)15-9-11-3-1-2-8-14-11/h4-7,11,14H,1-3,8-9H2/t11-/m0/s1. The first-order chi connectivity index (χ1) is 7.34. The molecule has 82 valence electrons. The second-order valence-electron chi connectivity index (χ2n) is 3.91. The zero-order valence-electron chi connectivity index (χ0n) is 8.71. The van der Waals surface area contributed by atoms with Gasteiger partial charge in [-0.3, -0.25) is 0 Å². The van der Waals surface area contributed by atoms with Gasteiger partial charge in [0.05, 0.1) is 0 Å². The summed E-state index contributed by atoms with van der Waals surface area (Å²) in [5, 5.41) is 4.37. The summed E-state index contributed by atoms with van der Waals surface area (Å²) in [4.78, 5) is 1.31. The van der Waals surface area contributed by atoms with Crippen molar-refractivity contribution in [1.82, 2.24) is 5.32 Å². The van der Waals surface area contributed by atoms with Crippen molar-refractivity contribution in [2.45, 2.75) is 30.2 Å². The van der Waals surface area contributed by atoms with Crippen LogP contribution in [0, 0.1) is 0 Å². The normalized spacial score (nSPS) is 21.5. The molecule has 1 nitrogen and oxygen atoms in total. The molecule has 0 aliphatic carbocycles. The van der Waals surface area contributed by atoms with Crippen molar-refractivity contribution < 1.29 is 0 Å². The quantitative estimate of drug-likeness (QED) is 0.812. The molecule has 1 fully saturated rings. The van der Waals surface area contributed by atoms with Crippen LogP contribution in [0.4, 0.5) is 0 Å². The highest BCUT2D eigenvalue weighted by Gasteiger charge is 2.12. The fourth-order valence-electron chi connectivity index (χ4n) is 1.79. The third-order valence-corrected chi connectivity index (χ3v) is 4.10. The Hall–Kier alpha value is -0.180. The number of thioether (sulfide) groups is 1. The second kappa shape index (κ2) is 5.78. The van der Waals surface area contributed by atoms with Crippen LogP contribution in [0.1, 0.15) is 19.3 Å². The summed E-state index contributed by atoms with van der Waals surface area (Å²) in [5.74, 6) is 1.17. The lowest BCUT2D eigenvalue weighted by molar-refractivity contribution is 0.430. The first-order valence-electron chi connectivity index (χ1n) is 5.46. The molecule has 0 unspecified atom stereocenters. The van der Waals surface area contributed by atoms with E-state index >= 15 is 0 Å². The van der Waals surface area contributed by atoms with Gasteiger partial charge in [-0.05, 0) is 43.7 Å². The minimum absolute atomic E-state index is 0.694. The summed E-state index contributed by atoms with van der Waals surface area (Å²) in [6.45, 7) is 1.19. The van der Waals surface area contributed by atoms with Crippen molar-refractivity contribution in [3.63, 3.8) is 0 Å². The van der Waals surface area contributed by atoms with Gasteiger partial charge in [0, 0.05) is 21.7 Å². The number of halogens is 1. The van der Waals surface area contributed by atoms with E-state index in [-0.39, 0.29) is 0 Å². The lowest BCUT2D eigenvalue weighted by Crippen LogP contribution is -2.35. The molecule has 0 bridgehead atoms. The minimum atomic E-state index is 0.694. The third kappa shape index (κ3) is 3.71. The van der Waals surface area contributed by atoms with E-state index in [0.717, 1.165) is 5.02 Å². The van der Waals surface area contributed by atoms with Crippen LogP contribution in [0.25, 0.3) is 0 Å². The number of rotatable bonds is 3. The van der Waals surface area contributed by atoms with E-state index in [2.05, 4.69) is 17.4 Å². The molecule has 1 heterocycles. The molecule has 0 spiro atoms. The minimum Gasteiger partial charge on any atom is -0.313 e. The van der Waals surface area contributed by atoms with Crippen LogP contribution in [0.2, 0.25) is 5.02 Å². The number of hydrogen-bond acceptors (Lipinski definition) is 2. The molecule has 1 aromatic carbocycles. The van der Waals surface area contributed by atoms with Gasteiger partial charge in [0.1, 0.15) is 0 Å². The Balaban J connectivity index is 1.79. The first kappa shape index (κ1) is 11.3. The van der Waals surface area contributed by atoms with Gasteiger partial charge in [-0.15, -0.1) is 11.8 Å². The third-order valence-electron chi connectivity index (χ3n) is 2.68. The van der Waals surface area contributed by atoms with Crippen molar-refractivity contribution in [2.75, 3.05) is 12.3 Å². The van der Waals surface area contributed by atoms with Crippen molar-refractivity contribution in [3.8, 4) is 0 Å². The molecule has 1 N–H and O–H groups in total. The molecule has 3 heteroatoms. The lowest BCUT2D eigenvalue weighted by Gasteiger charge is -2.22. The molecule has 2 rings (SSSR count). The average molecular weight is 242 g/mol. The maximum Gasteiger partial charge on any atom is 0.0406 e. The van der Waals surface area contributed by atoms with E-state index in [9.17, 15) is 0 Å². The Bertz CT molecular complexity index is 293. The fourth-order valence-corrected chi connectivity index (χ4v) is 2.93. The monoisotopic (exact) mass is 241 g/mol. The zero-order chi connectivity index (χ0) is 10.5. The fraction of sp³-hybridized carbons (Fsp3) is 0.500. The van der Waals surface area contributed by atoms with Crippen LogP contribution < -0.4 is 5.32 Å². The van der Waals surface area contributed by atoms with Crippen molar-refractivity contribution in [2.24, 2.45) is 0 Å². The summed E-state index contributed by atoms with van der Waals surface area (Å²) in [6, 6.07) is 8.79. The van der Waals surface area contributed by atoms with E-state index in [1.165, 1.54) is 36.5 Å². The van der Waals surface area contributed by atoms with E-state index in [0.29, 0.717) is 6.04 Å². The van der Waals surface area contributed by atoms with Gasteiger partial charge < -0.3 is 5.32 Å². The Kier molecular flexibility index (Phi) is 4.36. The van der Waals surface area contributed by atoms with Gasteiger partial charge >= 0.3 is 0 Å². The predicted molar refractivity (Wildman–Crippen MR) is 67.8 cm³/mol. The predicted octanol–water partition coefficient (Wildman–Crippen LogP) is 3.57. The maximum absolute atomic E-state index is 5.84. The summed E-state index contributed by atoms with van der Waals surface area (Å²) in [6.07, 6.45) is 4.03. The Morgan fingerprint density at radius 3 is 2.73 bits per heavy atom. The van der Waals surface area contributed by atoms with E-state index in [4.69, 9.17) is 11.6 Å². The Morgan fingerprint density at radius 1 is 1.27 bits per heavy atom. The molecule has 0 aromatic heterocycles. The highest BCUT2D eigenvalue weighted by Crippen LogP contribution is 2.22. The van der Waals surface area contributed by atoms with Crippen LogP contribution >= 0.6 is 23.4 Å². The molecule has 0 radical (unpaired) electrons. The second-order valence-corrected chi connectivity index (χ2v) is 5.44. The maximum atomic E-state index is 5.84. The number of hydrogen-bond donors (Lipinski definition) is 1. The first-order valence-corrected chi connectivity index (χ1v) is 6.83. The van der Waals surface area contributed by atoms with Crippen molar-refractivity contribution >= 4 is 23.4 Å². The lowest BCUT2D eigenvalue weighted by atomic mass is 10.1. The van der Waals surface area contributed by atoms with Crippen LogP contribution in [0.3, 0.4) is 0 Å². The molecule has 1 aromatic rings. The Labute approximate surface area is 101 Å². The highest BCUT2D eigenvalue weighted by molar-refractivity contribution is 7.99. The van der Waals surface area contributed by atoms with Crippen molar-refractivity contribution in [1.29, 1.82) is 0 Å². The summed E-state index contributed by atoms with van der Waals surface area (Å²) in [7, 11) is 0. The SMILES string of the molecule is Clc1ccc(SC[C@@H]2CCCCN2)cc1. The molecule has 0 saturated carbocycles. The van der Waals surface area contributed by atoms with Crippen LogP contribution in [0.15, 0.2) is 29.2 Å². The van der Waals surface area contributed by atoms with E-state index < -0.39 is 0 Å². The van der Waals surface area contributed by atoms with Crippen molar-refractivity contribution in [3.05, 3.63) is 29.3 Å². The molecule has 1 aliphatic heterocycles.